The first-order valence-corrected chi connectivity index (χ1v) is 11.6. The molecule has 35 heavy (non-hydrogen) atoms. The minimum Gasteiger partial charge on any atom is -0.334 e. The van der Waals surface area contributed by atoms with E-state index in [4.69, 9.17) is 4.98 Å². The van der Waals surface area contributed by atoms with Crippen molar-refractivity contribution in [2.75, 3.05) is 5.32 Å². The van der Waals surface area contributed by atoms with Gasteiger partial charge in [-0.3, -0.25) is 4.57 Å². The van der Waals surface area contributed by atoms with Crippen molar-refractivity contribution >= 4 is 22.8 Å². The van der Waals surface area contributed by atoms with Gasteiger partial charge in [-0.05, 0) is 66.1 Å². The molecule has 0 aliphatic carbocycles. The van der Waals surface area contributed by atoms with E-state index >= 15 is 0 Å². The SMILES string of the molecule is O=C(NCc1ccc(F)cc1)Nc1ccc(CCc2nc3ccccc3n2-c2ccccc2)cc1. The van der Waals surface area contributed by atoms with E-state index in [9.17, 15) is 9.18 Å². The molecule has 1 aromatic heterocycles. The summed E-state index contributed by atoms with van der Waals surface area (Å²) < 4.78 is 15.2. The third-order valence-corrected chi connectivity index (χ3v) is 5.86. The van der Waals surface area contributed by atoms with E-state index in [1.807, 2.05) is 60.7 Å². The molecule has 5 rings (SSSR count). The number of urea groups is 1. The van der Waals surface area contributed by atoms with E-state index < -0.39 is 0 Å². The summed E-state index contributed by atoms with van der Waals surface area (Å²) in [5, 5.41) is 5.61. The lowest BCUT2D eigenvalue weighted by Gasteiger charge is -2.10. The molecule has 5 aromatic rings. The fraction of sp³-hybridized carbons (Fsp3) is 0.103. The number of nitrogens with zero attached hydrogens (tertiary/aromatic N) is 2. The van der Waals surface area contributed by atoms with Crippen LogP contribution in [0.15, 0.2) is 103 Å². The quantitative estimate of drug-likeness (QED) is 0.298. The highest BCUT2D eigenvalue weighted by molar-refractivity contribution is 5.89. The molecule has 0 aliphatic rings. The Morgan fingerprint density at radius 3 is 2.23 bits per heavy atom. The molecule has 0 saturated heterocycles. The molecule has 0 atom stereocenters. The number of carbonyl (C=O) groups is 1. The normalized spacial score (nSPS) is 10.9. The molecule has 4 aromatic carbocycles. The molecule has 5 nitrogen and oxygen atoms in total. The summed E-state index contributed by atoms with van der Waals surface area (Å²) in [5.74, 6) is 0.718. The molecular weight excluding hydrogens is 439 g/mol. The second-order valence-corrected chi connectivity index (χ2v) is 8.32. The summed E-state index contributed by atoms with van der Waals surface area (Å²) in [6.45, 7) is 0.326. The maximum atomic E-state index is 13.0. The Hall–Kier alpha value is -4.45. The first kappa shape index (κ1) is 22.3. The lowest BCUT2D eigenvalue weighted by molar-refractivity contribution is 0.251. The van der Waals surface area contributed by atoms with E-state index in [1.165, 1.54) is 12.1 Å². The van der Waals surface area contributed by atoms with Crippen molar-refractivity contribution < 1.29 is 9.18 Å². The first-order valence-electron chi connectivity index (χ1n) is 11.6. The highest BCUT2D eigenvalue weighted by Gasteiger charge is 2.12. The number of aromatic nitrogens is 2. The van der Waals surface area contributed by atoms with Gasteiger partial charge >= 0.3 is 6.03 Å². The predicted molar refractivity (Wildman–Crippen MR) is 137 cm³/mol. The number of hydrogen-bond donors (Lipinski definition) is 2. The molecule has 2 amide bonds. The summed E-state index contributed by atoms with van der Waals surface area (Å²) in [5.41, 5.74) is 5.88. The second-order valence-electron chi connectivity index (χ2n) is 8.32. The predicted octanol–water partition coefficient (Wildman–Crippen LogP) is 6.27. The van der Waals surface area contributed by atoms with Crippen LogP contribution >= 0.6 is 0 Å². The minimum absolute atomic E-state index is 0.296. The van der Waals surface area contributed by atoms with Crippen LogP contribution in [0.1, 0.15) is 17.0 Å². The molecule has 0 fully saturated rings. The zero-order valence-electron chi connectivity index (χ0n) is 19.1. The number of carbonyl (C=O) groups excluding carboxylic acids is 1. The van der Waals surface area contributed by atoms with Crippen molar-refractivity contribution in [1.82, 2.24) is 14.9 Å². The summed E-state index contributed by atoms with van der Waals surface area (Å²) >= 11 is 0. The van der Waals surface area contributed by atoms with Gasteiger partial charge in [-0.25, -0.2) is 14.2 Å². The monoisotopic (exact) mass is 464 g/mol. The fourth-order valence-corrected chi connectivity index (χ4v) is 4.08. The Balaban J connectivity index is 1.22. The number of aryl methyl sites for hydroxylation is 2. The highest BCUT2D eigenvalue weighted by atomic mass is 19.1. The summed E-state index contributed by atoms with van der Waals surface area (Å²) in [6, 6.07) is 32.0. The maximum absolute atomic E-state index is 13.0. The molecular formula is C29H25FN4O. The first-order chi connectivity index (χ1) is 17.2. The molecule has 0 bridgehead atoms. The molecule has 6 heteroatoms. The van der Waals surface area contributed by atoms with Crippen LogP contribution in [0.2, 0.25) is 0 Å². The Labute approximate surface area is 203 Å². The van der Waals surface area contributed by atoms with Gasteiger partial charge in [0.15, 0.2) is 0 Å². The zero-order chi connectivity index (χ0) is 24.0. The van der Waals surface area contributed by atoms with Crippen molar-refractivity contribution in [1.29, 1.82) is 0 Å². The Bertz CT molecular complexity index is 1430. The molecule has 0 radical (unpaired) electrons. The van der Waals surface area contributed by atoms with Gasteiger partial charge in [0.2, 0.25) is 0 Å². The number of nitrogens with one attached hydrogen (secondary N) is 2. The molecule has 0 spiro atoms. The number of hydrogen-bond acceptors (Lipinski definition) is 2. The minimum atomic E-state index is -0.307. The van der Waals surface area contributed by atoms with Crippen molar-refractivity contribution in [3.8, 4) is 5.69 Å². The number of rotatable bonds is 7. The van der Waals surface area contributed by atoms with Crippen LogP contribution in [-0.2, 0) is 19.4 Å². The van der Waals surface area contributed by atoms with Crippen LogP contribution in [0.4, 0.5) is 14.9 Å². The number of anilines is 1. The summed E-state index contributed by atoms with van der Waals surface area (Å²) in [7, 11) is 0. The van der Waals surface area contributed by atoms with Gasteiger partial charge in [-0.2, -0.15) is 0 Å². The average molecular weight is 465 g/mol. The van der Waals surface area contributed by atoms with Crippen LogP contribution < -0.4 is 10.6 Å². The number of benzene rings is 4. The Morgan fingerprint density at radius 1 is 0.771 bits per heavy atom. The van der Waals surface area contributed by atoms with Gasteiger partial charge in [-0.15, -0.1) is 0 Å². The molecule has 0 aliphatic heterocycles. The Morgan fingerprint density at radius 2 is 1.46 bits per heavy atom. The number of amides is 2. The van der Waals surface area contributed by atoms with E-state index in [-0.39, 0.29) is 11.8 Å². The third-order valence-electron chi connectivity index (χ3n) is 5.86. The van der Waals surface area contributed by atoms with E-state index in [1.54, 1.807) is 12.1 Å². The van der Waals surface area contributed by atoms with Gasteiger partial charge in [0.1, 0.15) is 11.6 Å². The smallest absolute Gasteiger partial charge is 0.319 e. The van der Waals surface area contributed by atoms with Gasteiger partial charge in [0.25, 0.3) is 0 Å². The number of halogens is 1. The van der Waals surface area contributed by atoms with Crippen molar-refractivity contribution in [2.24, 2.45) is 0 Å². The molecule has 2 N–H and O–H groups in total. The standard InChI is InChI=1S/C29H25FN4O/c30-23-15-10-22(11-16-23)20-31-29(35)32-24-17-12-21(13-18-24)14-19-28-33-26-8-4-5-9-27(26)34(28)25-6-2-1-3-7-25/h1-13,15-18H,14,19-20H2,(H2,31,32,35). The number of fused-ring (bicyclic) bond motifs is 1. The third kappa shape index (κ3) is 5.38. The van der Waals surface area contributed by atoms with Crippen molar-refractivity contribution in [3.63, 3.8) is 0 Å². The fourth-order valence-electron chi connectivity index (χ4n) is 4.08. The largest absolute Gasteiger partial charge is 0.334 e. The summed E-state index contributed by atoms with van der Waals surface area (Å²) in [4.78, 5) is 17.1. The van der Waals surface area contributed by atoms with Crippen LogP contribution in [0.25, 0.3) is 16.7 Å². The Kier molecular flexibility index (Phi) is 6.52. The van der Waals surface area contributed by atoms with Gasteiger partial charge in [0, 0.05) is 24.3 Å². The van der Waals surface area contributed by atoms with Crippen molar-refractivity contribution in [3.05, 3.63) is 126 Å². The summed E-state index contributed by atoms with van der Waals surface area (Å²) in [6.07, 6.45) is 1.61. The van der Waals surface area contributed by atoms with Gasteiger partial charge in [0.05, 0.1) is 11.0 Å². The van der Waals surface area contributed by atoms with Crippen molar-refractivity contribution in [2.45, 2.75) is 19.4 Å². The lowest BCUT2D eigenvalue weighted by atomic mass is 10.1. The van der Waals surface area contributed by atoms with Crippen LogP contribution in [-0.4, -0.2) is 15.6 Å². The molecule has 0 unspecified atom stereocenters. The van der Waals surface area contributed by atoms with Gasteiger partial charge in [-0.1, -0.05) is 54.6 Å². The maximum Gasteiger partial charge on any atom is 0.319 e. The molecule has 174 valence electrons. The van der Waals surface area contributed by atoms with E-state index in [0.717, 1.165) is 46.5 Å². The van der Waals surface area contributed by atoms with E-state index in [0.29, 0.717) is 12.2 Å². The number of imidazole rings is 1. The number of para-hydroxylation sites is 3. The highest BCUT2D eigenvalue weighted by Crippen LogP contribution is 2.23. The lowest BCUT2D eigenvalue weighted by Crippen LogP contribution is -2.28. The zero-order valence-corrected chi connectivity index (χ0v) is 19.1. The average Bonchev–Trinajstić information content (AvgIpc) is 3.27. The van der Waals surface area contributed by atoms with Gasteiger partial charge < -0.3 is 10.6 Å². The van der Waals surface area contributed by atoms with Crippen LogP contribution in [0, 0.1) is 5.82 Å². The van der Waals surface area contributed by atoms with Crippen LogP contribution in [0.5, 0.6) is 0 Å². The van der Waals surface area contributed by atoms with Crippen LogP contribution in [0.3, 0.4) is 0 Å². The second kappa shape index (κ2) is 10.2. The molecule has 1 heterocycles. The molecule has 0 saturated carbocycles. The topological polar surface area (TPSA) is 59.0 Å². The van der Waals surface area contributed by atoms with E-state index in [2.05, 4.69) is 33.4 Å².